The van der Waals surface area contributed by atoms with Crippen LogP contribution in [0.4, 0.5) is 0 Å². The van der Waals surface area contributed by atoms with E-state index in [2.05, 4.69) is 12.0 Å². The van der Waals surface area contributed by atoms with E-state index in [1.54, 1.807) is 17.4 Å². The molecule has 0 saturated heterocycles. The first-order valence-corrected chi connectivity index (χ1v) is 7.18. The van der Waals surface area contributed by atoms with E-state index >= 15 is 0 Å². The van der Waals surface area contributed by atoms with Crippen LogP contribution in [0.3, 0.4) is 0 Å². The topological polar surface area (TPSA) is 52.0 Å². The highest BCUT2D eigenvalue weighted by Gasteiger charge is 2.13. The SMILES string of the molecule is CCCCn1nc(-c2cccs2)cc(C(C)=O)c1=O. The van der Waals surface area contributed by atoms with Crippen LogP contribution in [0.25, 0.3) is 10.6 Å². The summed E-state index contributed by atoms with van der Waals surface area (Å²) in [5.74, 6) is -0.213. The van der Waals surface area contributed by atoms with Gasteiger partial charge in [0.2, 0.25) is 0 Å². The van der Waals surface area contributed by atoms with Crippen LogP contribution in [0.15, 0.2) is 28.4 Å². The van der Waals surface area contributed by atoms with E-state index in [9.17, 15) is 9.59 Å². The zero-order valence-electron chi connectivity index (χ0n) is 11.0. The van der Waals surface area contributed by atoms with Crippen molar-refractivity contribution in [3.05, 3.63) is 39.5 Å². The molecule has 0 radical (unpaired) electrons. The van der Waals surface area contributed by atoms with Crippen molar-refractivity contribution in [1.29, 1.82) is 0 Å². The van der Waals surface area contributed by atoms with Gasteiger partial charge in [-0.15, -0.1) is 11.3 Å². The molecule has 0 atom stereocenters. The number of ketones is 1. The molecular weight excluding hydrogens is 260 g/mol. The predicted molar refractivity (Wildman–Crippen MR) is 76.7 cm³/mol. The van der Waals surface area contributed by atoms with Gasteiger partial charge >= 0.3 is 0 Å². The van der Waals surface area contributed by atoms with E-state index in [0.29, 0.717) is 12.2 Å². The Morgan fingerprint density at radius 2 is 2.26 bits per heavy atom. The lowest BCUT2D eigenvalue weighted by Crippen LogP contribution is -2.28. The molecule has 0 spiro atoms. The Morgan fingerprint density at radius 1 is 1.47 bits per heavy atom. The lowest BCUT2D eigenvalue weighted by atomic mass is 10.2. The number of thiophene rings is 1. The van der Waals surface area contributed by atoms with Gasteiger partial charge in [0.05, 0.1) is 10.4 Å². The molecule has 19 heavy (non-hydrogen) atoms. The normalized spacial score (nSPS) is 10.6. The number of nitrogens with zero attached hydrogens (tertiary/aromatic N) is 2. The van der Waals surface area contributed by atoms with Gasteiger partial charge in [-0.1, -0.05) is 19.4 Å². The second-order valence-corrected chi connectivity index (χ2v) is 5.31. The fourth-order valence-corrected chi connectivity index (χ4v) is 2.48. The summed E-state index contributed by atoms with van der Waals surface area (Å²) in [6.07, 6.45) is 1.85. The van der Waals surface area contributed by atoms with Crippen LogP contribution in [0, 0.1) is 0 Å². The summed E-state index contributed by atoms with van der Waals surface area (Å²) >= 11 is 1.55. The molecule has 0 bridgehead atoms. The molecule has 100 valence electrons. The molecule has 0 fully saturated rings. The molecule has 2 heterocycles. The molecule has 0 amide bonds. The summed E-state index contributed by atoms with van der Waals surface area (Å²) in [7, 11) is 0. The first-order chi connectivity index (χ1) is 9.13. The maximum absolute atomic E-state index is 12.1. The minimum Gasteiger partial charge on any atom is -0.294 e. The zero-order chi connectivity index (χ0) is 13.8. The van der Waals surface area contributed by atoms with Crippen molar-refractivity contribution in [1.82, 2.24) is 9.78 Å². The maximum atomic E-state index is 12.1. The number of hydrogen-bond donors (Lipinski definition) is 0. The Balaban J connectivity index is 2.54. The van der Waals surface area contributed by atoms with Gasteiger partial charge in [-0.25, -0.2) is 4.68 Å². The van der Waals surface area contributed by atoms with Gasteiger partial charge in [-0.2, -0.15) is 5.10 Å². The smallest absolute Gasteiger partial charge is 0.277 e. The van der Waals surface area contributed by atoms with E-state index in [-0.39, 0.29) is 16.9 Å². The zero-order valence-corrected chi connectivity index (χ0v) is 11.9. The quantitative estimate of drug-likeness (QED) is 0.789. The average Bonchev–Trinajstić information content (AvgIpc) is 2.91. The number of unbranched alkanes of at least 4 members (excludes halogenated alkanes) is 1. The molecule has 0 unspecified atom stereocenters. The number of hydrogen-bond acceptors (Lipinski definition) is 4. The van der Waals surface area contributed by atoms with Crippen LogP contribution in [0.2, 0.25) is 0 Å². The predicted octanol–water partition coefficient (Wildman–Crippen LogP) is 2.97. The van der Waals surface area contributed by atoms with Crippen LogP contribution in [0.5, 0.6) is 0 Å². The molecule has 0 aliphatic carbocycles. The molecule has 4 nitrogen and oxygen atoms in total. The molecule has 2 rings (SSSR count). The molecule has 0 N–H and O–H groups in total. The number of carbonyl (C=O) groups excluding carboxylic acids is 1. The van der Waals surface area contributed by atoms with Crippen molar-refractivity contribution < 1.29 is 4.79 Å². The molecule has 0 aliphatic rings. The van der Waals surface area contributed by atoms with E-state index in [0.717, 1.165) is 17.7 Å². The van der Waals surface area contributed by atoms with Crippen molar-refractivity contribution in [3.63, 3.8) is 0 Å². The van der Waals surface area contributed by atoms with Gasteiger partial charge in [0.15, 0.2) is 5.78 Å². The van der Waals surface area contributed by atoms with Crippen LogP contribution in [0.1, 0.15) is 37.0 Å². The maximum Gasteiger partial charge on any atom is 0.277 e. The molecule has 5 heteroatoms. The van der Waals surface area contributed by atoms with Crippen LogP contribution in [-0.4, -0.2) is 15.6 Å². The third-order valence-corrected chi connectivity index (χ3v) is 3.74. The van der Waals surface area contributed by atoms with Gasteiger partial charge in [0, 0.05) is 6.54 Å². The summed E-state index contributed by atoms with van der Waals surface area (Å²) < 4.78 is 1.41. The minimum absolute atomic E-state index is 0.213. The summed E-state index contributed by atoms with van der Waals surface area (Å²) in [4.78, 5) is 24.7. The number of rotatable bonds is 5. The number of aromatic nitrogens is 2. The Kier molecular flexibility index (Phi) is 4.27. The first kappa shape index (κ1) is 13.7. The van der Waals surface area contributed by atoms with Gasteiger partial charge < -0.3 is 0 Å². The van der Waals surface area contributed by atoms with Gasteiger partial charge in [-0.3, -0.25) is 9.59 Å². The van der Waals surface area contributed by atoms with Gasteiger partial charge in [0.25, 0.3) is 5.56 Å². The van der Waals surface area contributed by atoms with Crippen LogP contribution >= 0.6 is 11.3 Å². The molecule has 2 aromatic heterocycles. The highest BCUT2D eigenvalue weighted by Crippen LogP contribution is 2.22. The van der Waals surface area contributed by atoms with E-state index < -0.39 is 0 Å². The fraction of sp³-hybridized carbons (Fsp3) is 0.357. The Labute approximate surface area is 115 Å². The Hall–Kier alpha value is -1.75. The summed E-state index contributed by atoms with van der Waals surface area (Å²) in [6.45, 7) is 4.02. The molecule has 0 saturated carbocycles. The Morgan fingerprint density at radius 3 is 2.84 bits per heavy atom. The largest absolute Gasteiger partial charge is 0.294 e. The monoisotopic (exact) mass is 276 g/mol. The van der Waals surface area contributed by atoms with Crippen molar-refractivity contribution in [3.8, 4) is 10.6 Å². The summed E-state index contributed by atoms with van der Waals surface area (Å²) in [5.41, 5.74) is 0.617. The van der Waals surface area contributed by atoms with Crippen molar-refractivity contribution in [2.75, 3.05) is 0 Å². The van der Waals surface area contributed by atoms with Crippen molar-refractivity contribution in [2.24, 2.45) is 0 Å². The summed E-state index contributed by atoms with van der Waals surface area (Å²) in [6, 6.07) is 5.46. The van der Waals surface area contributed by atoms with E-state index in [4.69, 9.17) is 0 Å². The van der Waals surface area contributed by atoms with Gasteiger partial charge in [0.1, 0.15) is 5.69 Å². The molecule has 0 aromatic carbocycles. The number of aryl methyl sites for hydroxylation is 1. The Bertz CT molecular complexity index is 629. The molecular formula is C14H16N2O2S. The molecule has 2 aromatic rings. The van der Waals surface area contributed by atoms with Crippen LogP contribution < -0.4 is 5.56 Å². The number of Topliss-reactive ketones (excluding diaryl/α,β-unsaturated/α-hetero) is 1. The highest BCUT2D eigenvalue weighted by atomic mass is 32.1. The highest BCUT2D eigenvalue weighted by molar-refractivity contribution is 7.13. The third kappa shape index (κ3) is 2.98. The average molecular weight is 276 g/mol. The lowest BCUT2D eigenvalue weighted by Gasteiger charge is -2.08. The summed E-state index contributed by atoms with van der Waals surface area (Å²) in [5, 5.41) is 6.31. The lowest BCUT2D eigenvalue weighted by molar-refractivity contribution is 0.101. The fourth-order valence-electron chi connectivity index (χ4n) is 1.80. The standard InChI is InChI=1S/C14H16N2O2S/c1-3-4-7-16-14(18)11(10(2)17)9-12(15-16)13-6-5-8-19-13/h5-6,8-9H,3-4,7H2,1-2H3. The van der Waals surface area contributed by atoms with Crippen molar-refractivity contribution >= 4 is 17.1 Å². The van der Waals surface area contributed by atoms with Gasteiger partial charge in [-0.05, 0) is 30.9 Å². The van der Waals surface area contributed by atoms with Crippen LogP contribution in [-0.2, 0) is 6.54 Å². The van der Waals surface area contributed by atoms with E-state index in [1.807, 2.05) is 17.5 Å². The van der Waals surface area contributed by atoms with Crippen molar-refractivity contribution in [2.45, 2.75) is 33.2 Å². The van der Waals surface area contributed by atoms with E-state index in [1.165, 1.54) is 11.6 Å². The number of carbonyl (C=O) groups is 1. The minimum atomic E-state index is -0.291. The third-order valence-electron chi connectivity index (χ3n) is 2.85. The first-order valence-electron chi connectivity index (χ1n) is 6.30. The second-order valence-electron chi connectivity index (χ2n) is 4.36. The second kappa shape index (κ2) is 5.93. The molecule has 0 aliphatic heterocycles.